The van der Waals surface area contributed by atoms with Crippen LogP contribution in [0.3, 0.4) is 0 Å². The number of pyridine rings is 1. The molecule has 0 saturated carbocycles. The molecular weight excluding hydrogens is 399 g/mol. The zero-order valence-corrected chi connectivity index (χ0v) is 16.1. The molecule has 0 unspecified atom stereocenters. The fraction of sp³-hybridized carbons (Fsp3) is 0.0952. The Bertz CT molecular complexity index is 1230. The number of fused-ring (bicyclic) bond motifs is 1. The van der Waals surface area contributed by atoms with E-state index in [0.717, 1.165) is 5.56 Å². The number of hydrogen-bond donors (Lipinski definition) is 0. The normalized spacial score (nSPS) is 11.1. The molecule has 4 aromatic rings. The summed E-state index contributed by atoms with van der Waals surface area (Å²) in [5.74, 6) is -0.827. The summed E-state index contributed by atoms with van der Waals surface area (Å²) in [6, 6.07) is 13.6. The molecule has 0 bridgehead atoms. The van der Waals surface area contributed by atoms with E-state index in [2.05, 4.69) is 4.98 Å². The third-order valence-electron chi connectivity index (χ3n) is 4.49. The van der Waals surface area contributed by atoms with Gasteiger partial charge in [0.05, 0.1) is 15.6 Å². The van der Waals surface area contributed by atoms with Crippen molar-refractivity contribution in [3.8, 4) is 0 Å². The molecule has 2 heterocycles. The van der Waals surface area contributed by atoms with Crippen molar-refractivity contribution in [2.24, 2.45) is 0 Å². The first-order chi connectivity index (χ1) is 13.5. The number of halogens is 2. The van der Waals surface area contributed by atoms with Gasteiger partial charge >= 0.3 is 5.76 Å². The molecule has 0 fully saturated rings. The van der Waals surface area contributed by atoms with E-state index in [-0.39, 0.29) is 16.4 Å². The lowest BCUT2D eigenvalue weighted by atomic mass is 10.0. The molecule has 0 radical (unpaired) electrons. The minimum Gasteiger partial charge on any atom is -0.408 e. The number of aromatic nitrogens is 2. The Labute approximate surface area is 170 Å². The van der Waals surface area contributed by atoms with E-state index in [4.69, 9.17) is 27.6 Å². The van der Waals surface area contributed by atoms with Crippen LogP contribution in [-0.4, -0.2) is 15.3 Å². The molecule has 0 aliphatic rings. The maximum absolute atomic E-state index is 12.8. The summed E-state index contributed by atoms with van der Waals surface area (Å²) in [6.45, 7) is 0.421. The van der Waals surface area contributed by atoms with Gasteiger partial charge in [-0.25, -0.2) is 4.79 Å². The molecule has 2 aromatic heterocycles. The molecule has 0 saturated heterocycles. The third-order valence-corrected chi connectivity index (χ3v) is 5.14. The first kappa shape index (κ1) is 18.5. The van der Waals surface area contributed by atoms with Crippen LogP contribution in [0.15, 0.2) is 70.1 Å². The number of rotatable bonds is 5. The highest BCUT2D eigenvalue weighted by Gasteiger charge is 2.19. The molecule has 4 rings (SSSR count). The standard InChI is InChI=1S/C21H14Cl2N2O3/c22-16-4-2-1-3-14(16)20(26)15-11-19-18(12-17(15)23)25(21(27)28-19)10-7-13-5-8-24-9-6-13/h1-6,8-9,11-12H,7,10H2. The van der Waals surface area contributed by atoms with Gasteiger partial charge in [0.15, 0.2) is 11.4 Å². The largest absolute Gasteiger partial charge is 0.419 e. The van der Waals surface area contributed by atoms with Crippen LogP contribution in [0.4, 0.5) is 0 Å². The lowest BCUT2D eigenvalue weighted by Gasteiger charge is -2.07. The fourth-order valence-corrected chi connectivity index (χ4v) is 3.51. The van der Waals surface area contributed by atoms with E-state index in [9.17, 15) is 9.59 Å². The predicted molar refractivity (Wildman–Crippen MR) is 108 cm³/mol. The maximum atomic E-state index is 12.8. The van der Waals surface area contributed by atoms with Crippen LogP contribution in [0.2, 0.25) is 10.0 Å². The first-order valence-electron chi connectivity index (χ1n) is 8.55. The van der Waals surface area contributed by atoms with Gasteiger partial charge in [0, 0.05) is 30.1 Å². The Morgan fingerprint density at radius 1 is 1.00 bits per heavy atom. The summed E-state index contributed by atoms with van der Waals surface area (Å²) in [5.41, 5.74) is 2.47. The van der Waals surface area contributed by atoms with E-state index < -0.39 is 5.76 Å². The van der Waals surface area contributed by atoms with Crippen molar-refractivity contribution in [3.05, 3.63) is 98.2 Å². The zero-order chi connectivity index (χ0) is 19.7. The zero-order valence-electron chi connectivity index (χ0n) is 14.6. The van der Waals surface area contributed by atoms with Gasteiger partial charge in [0.25, 0.3) is 0 Å². The quantitative estimate of drug-likeness (QED) is 0.442. The van der Waals surface area contributed by atoms with Crippen molar-refractivity contribution >= 4 is 40.1 Å². The summed E-state index contributed by atoms with van der Waals surface area (Å²) in [4.78, 5) is 29.1. The summed E-state index contributed by atoms with van der Waals surface area (Å²) in [6.07, 6.45) is 4.04. The topological polar surface area (TPSA) is 65.1 Å². The lowest BCUT2D eigenvalue weighted by Crippen LogP contribution is -2.15. The number of carbonyl (C=O) groups excluding carboxylic acids is 1. The van der Waals surface area contributed by atoms with Gasteiger partial charge in [0.2, 0.25) is 0 Å². The van der Waals surface area contributed by atoms with Crippen LogP contribution in [0.5, 0.6) is 0 Å². The van der Waals surface area contributed by atoms with Gasteiger partial charge in [-0.1, -0.05) is 35.3 Å². The summed E-state index contributed by atoms with van der Waals surface area (Å²) >= 11 is 12.5. The van der Waals surface area contributed by atoms with E-state index in [1.165, 1.54) is 10.6 Å². The summed E-state index contributed by atoms with van der Waals surface area (Å²) in [5, 5.41) is 0.566. The number of oxazole rings is 1. The number of ketones is 1. The second kappa shape index (κ2) is 7.62. The number of benzene rings is 2. The Morgan fingerprint density at radius 2 is 1.75 bits per heavy atom. The monoisotopic (exact) mass is 412 g/mol. The van der Waals surface area contributed by atoms with Crippen LogP contribution < -0.4 is 5.76 Å². The average Bonchev–Trinajstić information content (AvgIpc) is 3.00. The average molecular weight is 413 g/mol. The highest BCUT2D eigenvalue weighted by atomic mass is 35.5. The summed E-state index contributed by atoms with van der Waals surface area (Å²) < 4.78 is 6.86. The van der Waals surface area contributed by atoms with Crippen LogP contribution in [0.1, 0.15) is 21.5 Å². The van der Waals surface area contributed by atoms with Crippen molar-refractivity contribution in [2.45, 2.75) is 13.0 Å². The van der Waals surface area contributed by atoms with Crippen LogP contribution in [0, 0.1) is 0 Å². The van der Waals surface area contributed by atoms with Gasteiger partial charge in [-0.15, -0.1) is 0 Å². The molecular formula is C21H14Cl2N2O3. The fourth-order valence-electron chi connectivity index (χ4n) is 3.05. The molecule has 5 nitrogen and oxygen atoms in total. The molecule has 28 heavy (non-hydrogen) atoms. The lowest BCUT2D eigenvalue weighted by molar-refractivity contribution is 0.103. The number of nitrogens with zero attached hydrogens (tertiary/aromatic N) is 2. The van der Waals surface area contributed by atoms with Crippen molar-refractivity contribution in [1.82, 2.24) is 9.55 Å². The van der Waals surface area contributed by atoms with E-state index in [0.29, 0.717) is 34.7 Å². The maximum Gasteiger partial charge on any atom is 0.419 e. The second-order valence-corrected chi connectivity index (χ2v) is 7.05. The Morgan fingerprint density at radius 3 is 2.50 bits per heavy atom. The first-order valence-corrected chi connectivity index (χ1v) is 9.31. The van der Waals surface area contributed by atoms with Gasteiger partial charge in [-0.2, -0.15) is 0 Å². The number of aryl methyl sites for hydroxylation is 2. The molecule has 140 valence electrons. The molecule has 0 N–H and O–H groups in total. The minimum absolute atomic E-state index is 0.232. The van der Waals surface area contributed by atoms with Crippen molar-refractivity contribution < 1.29 is 9.21 Å². The van der Waals surface area contributed by atoms with Crippen LogP contribution in [0.25, 0.3) is 11.1 Å². The van der Waals surface area contributed by atoms with Crippen molar-refractivity contribution in [1.29, 1.82) is 0 Å². The van der Waals surface area contributed by atoms with E-state index in [1.54, 1.807) is 42.7 Å². The predicted octanol–water partition coefficient (Wildman–Crippen LogP) is 4.77. The molecule has 0 aliphatic carbocycles. The molecule has 0 spiro atoms. The minimum atomic E-state index is -0.498. The van der Waals surface area contributed by atoms with Gasteiger partial charge < -0.3 is 4.42 Å². The molecule has 0 aliphatic heterocycles. The van der Waals surface area contributed by atoms with Crippen molar-refractivity contribution in [3.63, 3.8) is 0 Å². The Balaban J connectivity index is 1.71. The number of carbonyl (C=O) groups is 1. The summed E-state index contributed by atoms with van der Waals surface area (Å²) in [7, 11) is 0. The molecule has 2 aromatic carbocycles. The smallest absolute Gasteiger partial charge is 0.408 e. The van der Waals surface area contributed by atoms with E-state index in [1.807, 2.05) is 12.1 Å². The highest BCUT2D eigenvalue weighted by Crippen LogP contribution is 2.28. The third kappa shape index (κ3) is 3.46. The number of hydrogen-bond acceptors (Lipinski definition) is 4. The van der Waals surface area contributed by atoms with Gasteiger partial charge in [0.1, 0.15) is 0 Å². The Hall–Kier alpha value is -2.89. The second-order valence-electron chi connectivity index (χ2n) is 6.23. The molecule has 0 amide bonds. The van der Waals surface area contributed by atoms with Crippen molar-refractivity contribution in [2.75, 3.05) is 0 Å². The van der Waals surface area contributed by atoms with Crippen LogP contribution >= 0.6 is 23.2 Å². The van der Waals surface area contributed by atoms with Crippen LogP contribution in [-0.2, 0) is 13.0 Å². The highest BCUT2D eigenvalue weighted by molar-refractivity contribution is 6.38. The molecule has 7 heteroatoms. The van der Waals surface area contributed by atoms with Gasteiger partial charge in [-0.3, -0.25) is 14.3 Å². The van der Waals surface area contributed by atoms with E-state index >= 15 is 0 Å². The SMILES string of the molecule is O=C(c1ccccc1Cl)c1cc2oc(=O)n(CCc3ccncc3)c2cc1Cl. The molecule has 0 atom stereocenters. The Kier molecular flexibility index (Phi) is 5.03. The van der Waals surface area contributed by atoms with Gasteiger partial charge in [-0.05, 0) is 48.4 Å².